The van der Waals surface area contributed by atoms with Crippen molar-refractivity contribution >= 4 is 31.7 Å². The first-order valence-electron chi connectivity index (χ1n) is 4.20. The van der Waals surface area contributed by atoms with Crippen molar-refractivity contribution < 1.29 is 21.4 Å². The summed E-state index contributed by atoms with van der Waals surface area (Å²) in [5.74, 6) is 5.11. The van der Waals surface area contributed by atoms with Crippen LogP contribution in [0, 0.1) is 0 Å². The summed E-state index contributed by atoms with van der Waals surface area (Å²) in [4.78, 5) is 0. The van der Waals surface area contributed by atoms with Crippen LogP contribution in [0.15, 0.2) is 24.3 Å². The third-order valence-electron chi connectivity index (χ3n) is 1.67. The Morgan fingerprint density at radius 1 is 1.18 bits per heavy atom. The minimum atomic E-state index is -4.53. The lowest BCUT2D eigenvalue weighted by molar-refractivity contribution is 0.478. The Morgan fingerprint density at radius 3 is 2.00 bits per heavy atom. The van der Waals surface area contributed by atoms with Gasteiger partial charge in [-0.1, -0.05) is 0 Å². The fourth-order valence-electron chi connectivity index (χ4n) is 1.02. The lowest BCUT2D eigenvalue weighted by Crippen LogP contribution is -2.36. The molecule has 0 fully saturated rings. The Hall–Kier alpha value is -1.36. The van der Waals surface area contributed by atoms with Crippen molar-refractivity contribution in [2.45, 2.75) is 0 Å². The summed E-state index contributed by atoms with van der Waals surface area (Å²) < 4.78 is 54.2. The minimum absolute atomic E-state index is 0.00782. The standard InChI is InChI=1S/C7H11N3O5S2/c1-16(11,12)9-6-2-4-7(5-3-6)10(8)17(13,14)15/h2-5,9H,8H2,1H3,(H,13,14,15). The van der Waals surface area contributed by atoms with Gasteiger partial charge in [-0.2, -0.15) is 12.8 Å². The fourth-order valence-corrected chi connectivity index (χ4v) is 1.98. The highest BCUT2D eigenvalue weighted by Gasteiger charge is 2.15. The highest BCUT2D eigenvalue weighted by Crippen LogP contribution is 2.17. The first kappa shape index (κ1) is 13.7. The number of nitrogens with two attached hydrogens (primary N) is 1. The minimum Gasteiger partial charge on any atom is -0.284 e. The topological polar surface area (TPSA) is 130 Å². The molecule has 8 nitrogen and oxygen atoms in total. The van der Waals surface area contributed by atoms with Gasteiger partial charge in [0.15, 0.2) is 0 Å². The van der Waals surface area contributed by atoms with E-state index in [1.807, 2.05) is 0 Å². The normalized spacial score (nSPS) is 12.2. The first-order valence-corrected chi connectivity index (χ1v) is 7.49. The molecule has 0 heterocycles. The maximum absolute atomic E-state index is 10.9. The van der Waals surface area contributed by atoms with E-state index in [4.69, 9.17) is 10.4 Å². The molecule has 0 radical (unpaired) electrons. The summed E-state index contributed by atoms with van der Waals surface area (Å²) >= 11 is 0. The Labute approximate surface area is 98.9 Å². The number of sulfonamides is 1. The Kier molecular flexibility index (Phi) is 3.62. The average molecular weight is 281 g/mol. The third-order valence-corrected chi connectivity index (χ3v) is 2.99. The van der Waals surface area contributed by atoms with E-state index < -0.39 is 20.3 Å². The molecule has 17 heavy (non-hydrogen) atoms. The van der Waals surface area contributed by atoms with Gasteiger partial charge in [0.05, 0.1) is 11.9 Å². The van der Waals surface area contributed by atoms with Crippen molar-refractivity contribution in [3.63, 3.8) is 0 Å². The highest BCUT2D eigenvalue weighted by atomic mass is 32.2. The quantitative estimate of drug-likeness (QED) is 0.389. The number of anilines is 2. The predicted molar refractivity (Wildman–Crippen MR) is 63.1 cm³/mol. The maximum atomic E-state index is 10.9. The van der Waals surface area contributed by atoms with Crippen LogP contribution in [0.25, 0.3) is 0 Å². The van der Waals surface area contributed by atoms with E-state index in [1.54, 1.807) is 0 Å². The smallest absolute Gasteiger partial charge is 0.284 e. The molecule has 1 rings (SSSR count). The van der Waals surface area contributed by atoms with Crippen molar-refractivity contribution in [3.05, 3.63) is 24.3 Å². The molecule has 0 aliphatic rings. The first-order chi connectivity index (χ1) is 7.59. The molecule has 1 aromatic carbocycles. The number of nitrogens with zero attached hydrogens (tertiary/aromatic N) is 1. The predicted octanol–water partition coefficient (Wildman–Crippen LogP) is -0.459. The van der Waals surface area contributed by atoms with Crippen LogP contribution in [0.1, 0.15) is 0 Å². The third kappa shape index (κ3) is 4.19. The Morgan fingerprint density at radius 2 is 1.65 bits per heavy atom. The molecule has 10 heteroatoms. The number of rotatable bonds is 4. The number of hydrogen-bond acceptors (Lipinski definition) is 5. The van der Waals surface area contributed by atoms with Gasteiger partial charge in [-0.25, -0.2) is 14.3 Å². The zero-order valence-corrected chi connectivity index (χ0v) is 10.4. The van der Waals surface area contributed by atoms with Crippen molar-refractivity contribution in [2.75, 3.05) is 15.4 Å². The molecule has 4 N–H and O–H groups in total. The summed E-state index contributed by atoms with van der Waals surface area (Å²) in [5, 5.41) is 0. The zero-order valence-electron chi connectivity index (χ0n) is 8.73. The van der Waals surface area contributed by atoms with E-state index in [1.165, 1.54) is 24.3 Å². The molecule has 0 amide bonds. The van der Waals surface area contributed by atoms with Gasteiger partial charge in [0.25, 0.3) is 0 Å². The molecule has 0 aromatic heterocycles. The number of benzene rings is 1. The summed E-state index contributed by atoms with van der Waals surface area (Å²) in [6.07, 6.45) is 0.980. The Bertz CT molecular complexity index is 593. The molecule has 0 aliphatic heterocycles. The van der Waals surface area contributed by atoms with Crippen LogP contribution in [-0.2, 0) is 20.3 Å². The zero-order chi connectivity index (χ0) is 13.3. The molecule has 0 saturated heterocycles. The van der Waals surface area contributed by atoms with Crippen molar-refractivity contribution in [2.24, 2.45) is 5.84 Å². The van der Waals surface area contributed by atoms with E-state index in [2.05, 4.69) is 4.72 Å². The van der Waals surface area contributed by atoms with Gasteiger partial charge in [0, 0.05) is 5.69 Å². The summed E-state index contributed by atoms with van der Waals surface area (Å²) in [6.45, 7) is 0. The van der Waals surface area contributed by atoms with Crippen LogP contribution < -0.4 is 15.0 Å². The van der Waals surface area contributed by atoms with Crippen LogP contribution in [-0.4, -0.2) is 27.6 Å². The van der Waals surface area contributed by atoms with Gasteiger partial charge in [0.2, 0.25) is 10.0 Å². The van der Waals surface area contributed by atoms with Gasteiger partial charge in [-0.15, -0.1) is 0 Å². The van der Waals surface area contributed by atoms with Gasteiger partial charge in [0.1, 0.15) is 0 Å². The molecule has 0 unspecified atom stereocenters. The maximum Gasteiger partial charge on any atom is 0.373 e. The van der Waals surface area contributed by atoms with E-state index in [0.29, 0.717) is 0 Å². The van der Waals surface area contributed by atoms with Crippen LogP contribution in [0.2, 0.25) is 0 Å². The van der Waals surface area contributed by atoms with Gasteiger partial charge in [-0.05, 0) is 24.3 Å². The SMILES string of the molecule is CS(=O)(=O)Nc1ccc(N(N)S(=O)(=O)O)cc1. The highest BCUT2D eigenvalue weighted by molar-refractivity contribution is 7.92. The second-order valence-corrected chi connectivity index (χ2v) is 6.23. The van der Waals surface area contributed by atoms with Crippen LogP contribution >= 0.6 is 0 Å². The van der Waals surface area contributed by atoms with Gasteiger partial charge < -0.3 is 0 Å². The van der Waals surface area contributed by atoms with Crippen molar-refractivity contribution in [3.8, 4) is 0 Å². The van der Waals surface area contributed by atoms with E-state index in [-0.39, 0.29) is 15.8 Å². The average Bonchev–Trinajstić information content (AvgIpc) is 2.14. The van der Waals surface area contributed by atoms with Gasteiger partial charge in [-0.3, -0.25) is 9.27 Å². The molecule has 0 atom stereocenters. The van der Waals surface area contributed by atoms with Crippen LogP contribution in [0.5, 0.6) is 0 Å². The number of hydrazine groups is 1. The summed E-state index contributed by atoms with van der Waals surface area (Å²) in [5.41, 5.74) is 0.242. The number of hydrogen-bond donors (Lipinski definition) is 3. The fraction of sp³-hybridized carbons (Fsp3) is 0.143. The summed E-state index contributed by atoms with van der Waals surface area (Å²) in [6, 6.07) is 5.09. The molecular weight excluding hydrogens is 270 g/mol. The second-order valence-electron chi connectivity index (χ2n) is 3.19. The molecule has 1 aromatic rings. The second kappa shape index (κ2) is 4.49. The van der Waals surface area contributed by atoms with E-state index >= 15 is 0 Å². The lowest BCUT2D eigenvalue weighted by Gasteiger charge is -2.14. The summed E-state index contributed by atoms with van der Waals surface area (Å²) in [7, 11) is -7.93. The van der Waals surface area contributed by atoms with Crippen molar-refractivity contribution in [1.29, 1.82) is 0 Å². The largest absolute Gasteiger partial charge is 0.373 e. The number of nitrogens with one attached hydrogen (secondary N) is 1. The molecular formula is C7H11N3O5S2. The lowest BCUT2D eigenvalue weighted by atomic mass is 10.3. The Balaban J connectivity index is 2.97. The van der Waals surface area contributed by atoms with Crippen LogP contribution in [0.4, 0.5) is 11.4 Å². The molecule has 0 aliphatic carbocycles. The van der Waals surface area contributed by atoms with Crippen molar-refractivity contribution in [1.82, 2.24) is 0 Å². The van der Waals surface area contributed by atoms with E-state index in [9.17, 15) is 16.8 Å². The molecule has 0 spiro atoms. The molecule has 0 saturated carbocycles. The van der Waals surface area contributed by atoms with Gasteiger partial charge >= 0.3 is 10.3 Å². The van der Waals surface area contributed by atoms with Crippen LogP contribution in [0.3, 0.4) is 0 Å². The van der Waals surface area contributed by atoms with E-state index in [0.717, 1.165) is 6.26 Å². The molecule has 96 valence electrons. The monoisotopic (exact) mass is 281 g/mol. The molecule has 0 bridgehead atoms.